The van der Waals surface area contributed by atoms with Crippen LogP contribution in [0.4, 0.5) is 4.39 Å². The van der Waals surface area contributed by atoms with Crippen molar-refractivity contribution < 1.29 is 9.18 Å². The Morgan fingerprint density at radius 2 is 2.12 bits per heavy atom. The molecule has 24 heavy (non-hydrogen) atoms. The highest BCUT2D eigenvalue weighted by atomic mass is 32.2. The molecule has 1 aromatic carbocycles. The number of fused-ring (bicyclic) bond motifs is 1. The Morgan fingerprint density at radius 1 is 1.38 bits per heavy atom. The fraction of sp³-hybridized carbons (Fsp3) is 0.444. The van der Waals surface area contributed by atoms with Crippen molar-refractivity contribution in [2.75, 3.05) is 13.3 Å². The molecule has 1 aliphatic carbocycles. The molecule has 1 N–H and O–H groups in total. The van der Waals surface area contributed by atoms with Crippen molar-refractivity contribution >= 4 is 28.6 Å². The first-order valence-corrected chi connectivity index (χ1v) is 9.34. The standard InChI is InChI=1S/C18H21FN2O2S/c1-10-7-11(19)8-12-16(10)20-9-13(17(12)22)18(23)21(2)14-5-4-6-15(14)24-3/h7-9,14-15H,4-6H2,1-3H3,(H,20,22)/t14-,15+/m0/s1. The number of aromatic amines is 1. The van der Waals surface area contributed by atoms with E-state index in [-0.39, 0.29) is 22.9 Å². The van der Waals surface area contributed by atoms with Gasteiger partial charge in [-0.3, -0.25) is 9.59 Å². The van der Waals surface area contributed by atoms with Crippen LogP contribution in [0.3, 0.4) is 0 Å². The predicted molar refractivity (Wildman–Crippen MR) is 96.3 cm³/mol. The lowest BCUT2D eigenvalue weighted by molar-refractivity contribution is 0.0737. The quantitative estimate of drug-likeness (QED) is 0.926. The minimum atomic E-state index is -0.471. The Morgan fingerprint density at radius 3 is 2.83 bits per heavy atom. The molecule has 128 valence electrons. The Kier molecular flexibility index (Phi) is 4.67. The minimum Gasteiger partial charge on any atom is -0.360 e. The van der Waals surface area contributed by atoms with E-state index in [1.165, 1.54) is 18.3 Å². The van der Waals surface area contributed by atoms with Crippen LogP contribution in [0.15, 0.2) is 23.1 Å². The van der Waals surface area contributed by atoms with Gasteiger partial charge in [-0.15, -0.1) is 0 Å². The van der Waals surface area contributed by atoms with Gasteiger partial charge in [-0.05, 0) is 43.7 Å². The maximum absolute atomic E-state index is 13.7. The van der Waals surface area contributed by atoms with E-state index in [0.29, 0.717) is 16.3 Å². The molecule has 6 heteroatoms. The number of nitrogens with zero attached hydrogens (tertiary/aromatic N) is 1. The molecule has 2 atom stereocenters. The van der Waals surface area contributed by atoms with Crippen LogP contribution in [0, 0.1) is 12.7 Å². The van der Waals surface area contributed by atoms with E-state index in [1.54, 1.807) is 30.6 Å². The average molecular weight is 348 g/mol. The van der Waals surface area contributed by atoms with E-state index >= 15 is 0 Å². The van der Waals surface area contributed by atoms with Gasteiger partial charge in [0.15, 0.2) is 0 Å². The summed E-state index contributed by atoms with van der Waals surface area (Å²) in [6.07, 6.45) is 6.63. The fourth-order valence-electron chi connectivity index (χ4n) is 3.59. The molecular formula is C18H21FN2O2S. The molecule has 1 heterocycles. The summed E-state index contributed by atoms with van der Waals surface area (Å²) in [5, 5.41) is 0.623. The fourth-order valence-corrected chi connectivity index (χ4v) is 4.63. The van der Waals surface area contributed by atoms with Gasteiger partial charge in [-0.2, -0.15) is 11.8 Å². The van der Waals surface area contributed by atoms with Crippen molar-refractivity contribution in [2.45, 2.75) is 37.5 Å². The number of benzene rings is 1. The number of aromatic nitrogens is 1. The first-order valence-electron chi connectivity index (χ1n) is 8.05. The van der Waals surface area contributed by atoms with Crippen molar-refractivity contribution in [1.29, 1.82) is 0 Å². The number of rotatable bonds is 3. The molecule has 0 bridgehead atoms. The van der Waals surface area contributed by atoms with E-state index < -0.39 is 11.2 Å². The van der Waals surface area contributed by atoms with Gasteiger partial charge in [0.1, 0.15) is 11.4 Å². The molecule has 4 nitrogen and oxygen atoms in total. The minimum absolute atomic E-state index is 0.0711. The molecule has 0 unspecified atom stereocenters. The molecule has 2 aromatic rings. The largest absolute Gasteiger partial charge is 0.360 e. The number of carbonyl (C=O) groups excluding carboxylic acids is 1. The van der Waals surface area contributed by atoms with E-state index in [9.17, 15) is 14.0 Å². The molecule has 1 aromatic heterocycles. The zero-order valence-electron chi connectivity index (χ0n) is 14.1. The van der Waals surface area contributed by atoms with Crippen LogP contribution in [-0.4, -0.2) is 40.4 Å². The zero-order valence-corrected chi connectivity index (χ0v) is 14.9. The Labute approximate surface area is 144 Å². The first-order chi connectivity index (χ1) is 11.4. The molecule has 0 aliphatic heterocycles. The molecule has 0 spiro atoms. The monoisotopic (exact) mass is 348 g/mol. The summed E-state index contributed by atoms with van der Waals surface area (Å²) in [4.78, 5) is 30.2. The van der Waals surface area contributed by atoms with Gasteiger partial charge in [0, 0.05) is 29.9 Å². The molecule has 3 rings (SSSR count). The number of amides is 1. The highest BCUT2D eigenvalue weighted by Gasteiger charge is 2.33. The number of pyridine rings is 1. The number of hydrogen-bond acceptors (Lipinski definition) is 3. The third-order valence-corrected chi connectivity index (χ3v) is 6.07. The van der Waals surface area contributed by atoms with Crippen LogP contribution in [0.25, 0.3) is 10.9 Å². The highest BCUT2D eigenvalue weighted by molar-refractivity contribution is 7.99. The number of hydrogen-bond donors (Lipinski definition) is 1. The van der Waals surface area contributed by atoms with Gasteiger partial charge in [0.25, 0.3) is 5.91 Å². The van der Waals surface area contributed by atoms with Crippen LogP contribution in [0.5, 0.6) is 0 Å². The third kappa shape index (κ3) is 2.83. The summed E-state index contributed by atoms with van der Waals surface area (Å²) < 4.78 is 13.7. The Bertz CT molecular complexity index is 849. The van der Waals surface area contributed by atoms with Crippen LogP contribution in [-0.2, 0) is 0 Å². The van der Waals surface area contributed by atoms with Crippen LogP contribution in [0.1, 0.15) is 35.2 Å². The van der Waals surface area contributed by atoms with Crippen molar-refractivity contribution in [2.24, 2.45) is 0 Å². The van der Waals surface area contributed by atoms with E-state index in [4.69, 9.17) is 0 Å². The Balaban J connectivity index is 2.01. The number of nitrogens with one attached hydrogen (secondary N) is 1. The zero-order chi connectivity index (χ0) is 17.4. The number of H-pyrrole nitrogens is 1. The number of thioether (sulfide) groups is 1. The predicted octanol–water partition coefficient (Wildman–Crippen LogP) is 3.33. The molecule has 1 fully saturated rings. The lowest BCUT2D eigenvalue weighted by Gasteiger charge is -2.28. The van der Waals surface area contributed by atoms with E-state index in [1.807, 2.05) is 0 Å². The van der Waals surface area contributed by atoms with Gasteiger partial charge in [0.2, 0.25) is 5.43 Å². The lowest BCUT2D eigenvalue weighted by atomic mass is 10.1. The first kappa shape index (κ1) is 17.0. The van der Waals surface area contributed by atoms with Crippen LogP contribution >= 0.6 is 11.8 Å². The summed E-state index contributed by atoms with van der Waals surface area (Å²) >= 11 is 1.76. The van der Waals surface area contributed by atoms with Gasteiger partial charge >= 0.3 is 0 Å². The van der Waals surface area contributed by atoms with Crippen molar-refractivity contribution in [3.8, 4) is 0 Å². The lowest BCUT2D eigenvalue weighted by Crippen LogP contribution is -2.42. The topological polar surface area (TPSA) is 53.2 Å². The summed E-state index contributed by atoms with van der Waals surface area (Å²) in [6, 6.07) is 2.70. The van der Waals surface area contributed by atoms with Gasteiger partial charge < -0.3 is 9.88 Å². The maximum Gasteiger partial charge on any atom is 0.259 e. The summed E-state index contributed by atoms with van der Waals surface area (Å²) in [6.45, 7) is 1.73. The van der Waals surface area contributed by atoms with Crippen molar-refractivity contribution in [3.05, 3.63) is 45.5 Å². The molecular weight excluding hydrogens is 327 g/mol. The van der Waals surface area contributed by atoms with Crippen molar-refractivity contribution in [3.63, 3.8) is 0 Å². The number of aryl methyl sites for hydroxylation is 1. The van der Waals surface area contributed by atoms with Gasteiger partial charge in [-0.1, -0.05) is 6.42 Å². The molecule has 1 aliphatic rings. The van der Waals surface area contributed by atoms with Crippen molar-refractivity contribution in [1.82, 2.24) is 9.88 Å². The molecule has 1 saturated carbocycles. The number of carbonyl (C=O) groups is 1. The second-order valence-corrected chi connectivity index (χ2v) is 7.44. The normalized spacial score (nSPS) is 20.5. The number of halogens is 1. The summed E-state index contributed by atoms with van der Waals surface area (Å²) in [5.41, 5.74) is 0.875. The third-order valence-electron chi connectivity index (χ3n) is 4.92. The smallest absolute Gasteiger partial charge is 0.259 e. The summed E-state index contributed by atoms with van der Waals surface area (Å²) in [7, 11) is 1.75. The SMILES string of the molecule is CS[C@@H]1CCC[C@@H]1N(C)C(=O)c1c[nH]c2c(C)cc(F)cc2c1=O. The highest BCUT2D eigenvalue weighted by Crippen LogP contribution is 2.32. The second kappa shape index (κ2) is 6.59. The van der Waals surface area contributed by atoms with E-state index in [2.05, 4.69) is 11.2 Å². The Hall–Kier alpha value is -1.82. The van der Waals surface area contributed by atoms with E-state index in [0.717, 1.165) is 19.3 Å². The van der Waals surface area contributed by atoms with Gasteiger partial charge in [0.05, 0.1) is 5.52 Å². The molecule has 1 amide bonds. The average Bonchev–Trinajstić information content (AvgIpc) is 3.03. The maximum atomic E-state index is 13.7. The van der Waals surface area contributed by atoms with Crippen LogP contribution in [0.2, 0.25) is 0 Å². The second-order valence-electron chi connectivity index (χ2n) is 6.37. The molecule has 0 radical (unpaired) electrons. The van der Waals surface area contributed by atoms with Gasteiger partial charge in [-0.25, -0.2) is 4.39 Å². The molecule has 0 saturated heterocycles. The summed E-state index contributed by atoms with van der Waals surface area (Å²) in [5.74, 6) is -0.771. The van der Waals surface area contributed by atoms with Crippen LogP contribution < -0.4 is 5.43 Å².